The molecule has 4 heteroatoms. The minimum absolute atomic E-state index is 0.226. The highest BCUT2D eigenvalue weighted by Crippen LogP contribution is 2.22. The Hall–Kier alpha value is -1.45. The molecule has 2 nitrogen and oxygen atoms in total. The molecule has 0 aromatic heterocycles. The van der Waals surface area contributed by atoms with Gasteiger partial charge in [-0.05, 0) is 18.2 Å². The Morgan fingerprint density at radius 3 is 2.92 bits per heavy atom. The third kappa shape index (κ3) is 1.52. The van der Waals surface area contributed by atoms with Crippen molar-refractivity contribution in [1.82, 2.24) is 5.43 Å². The number of benzene rings is 1. The highest BCUT2D eigenvalue weighted by molar-refractivity contribution is 5.60. The van der Waals surface area contributed by atoms with Crippen LogP contribution in [0.15, 0.2) is 23.3 Å². The maximum absolute atomic E-state index is 13.2. The molecule has 68 valence electrons. The number of nitrogens with zero attached hydrogens (tertiary/aromatic N) is 1. The summed E-state index contributed by atoms with van der Waals surface area (Å²) in [6, 6.07) is 3.21. The average molecular weight is 182 g/mol. The van der Waals surface area contributed by atoms with Gasteiger partial charge in [0.15, 0.2) is 0 Å². The van der Waals surface area contributed by atoms with Crippen LogP contribution in [0.3, 0.4) is 0 Å². The molecule has 0 aliphatic carbocycles. The predicted molar refractivity (Wildman–Crippen MR) is 45.3 cm³/mol. The van der Waals surface area contributed by atoms with Crippen molar-refractivity contribution in [3.8, 4) is 0 Å². The normalized spacial score (nSPS) is 20.3. The Balaban J connectivity index is 2.33. The van der Waals surface area contributed by atoms with Crippen molar-refractivity contribution in [2.75, 3.05) is 0 Å². The SMILES string of the molecule is Fc1ccc(F)c(C2CC=NN2)c1. The highest BCUT2D eigenvalue weighted by atomic mass is 19.1. The molecule has 1 aliphatic heterocycles. The van der Waals surface area contributed by atoms with E-state index < -0.39 is 11.6 Å². The summed E-state index contributed by atoms with van der Waals surface area (Å²) in [5, 5.41) is 3.75. The zero-order valence-corrected chi connectivity index (χ0v) is 6.80. The van der Waals surface area contributed by atoms with Gasteiger partial charge in [-0.2, -0.15) is 5.10 Å². The summed E-state index contributed by atoms with van der Waals surface area (Å²) in [5.74, 6) is -0.825. The van der Waals surface area contributed by atoms with E-state index in [1.807, 2.05) is 0 Å². The van der Waals surface area contributed by atoms with Crippen LogP contribution in [0.2, 0.25) is 0 Å². The van der Waals surface area contributed by atoms with Gasteiger partial charge in [-0.15, -0.1) is 0 Å². The van der Waals surface area contributed by atoms with Crippen molar-refractivity contribution in [2.24, 2.45) is 5.10 Å². The van der Waals surface area contributed by atoms with Crippen molar-refractivity contribution < 1.29 is 8.78 Å². The van der Waals surface area contributed by atoms with E-state index in [0.29, 0.717) is 12.0 Å². The number of rotatable bonds is 1. The molecule has 1 unspecified atom stereocenters. The number of hydrazone groups is 1. The smallest absolute Gasteiger partial charge is 0.128 e. The molecule has 1 heterocycles. The Kier molecular flexibility index (Phi) is 1.96. The Morgan fingerprint density at radius 2 is 2.23 bits per heavy atom. The summed E-state index contributed by atoms with van der Waals surface area (Å²) in [7, 11) is 0. The predicted octanol–water partition coefficient (Wildman–Crippen LogP) is 1.98. The van der Waals surface area contributed by atoms with Gasteiger partial charge < -0.3 is 5.43 Å². The minimum Gasteiger partial charge on any atom is -0.302 e. The molecule has 1 aliphatic rings. The van der Waals surface area contributed by atoms with E-state index in [4.69, 9.17) is 0 Å². The number of hydrogen-bond donors (Lipinski definition) is 1. The van der Waals surface area contributed by atoms with E-state index in [1.54, 1.807) is 6.21 Å². The fourth-order valence-corrected chi connectivity index (χ4v) is 1.33. The summed E-state index contributed by atoms with van der Waals surface area (Å²) in [6.07, 6.45) is 2.25. The fourth-order valence-electron chi connectivity index (χ4n) is 1.33. The lowest BCUT2D eigenvalue weighted by molar-refractivity contribution is 0.536. The molecule has 1 aromatic carbocycles. The standard InChI is InChI=1S/C9H8F2N2/c10-6-1-2-8(11)7(5-6)9-3-4-12-13-9/h1-2,4-5,9,13H,3H2. The summed E-state index contributed by atoms with van der Waals surface area (Å²) >= 11 is 0. The van der Waals surface area contributed by atoms with E-state index in [-0.39, 0.29) is 6.04 Å². The molecule has 0 radical (unpaired) electrons. The third-order valence-corrected chi connectivity index (χ3v) is 2.00. The molecule has 0 saturated carbocycles. The van der Waals surface area contributed by atoms with Crippen molar-refractivity contribution >= 4 is 6.21 Å². The summed E-state index contributed by atoms with van der Waals surface area (Å²) in [5.41, 5.74) is 3.03. The molecule has 2 rings (SSSR count). The van der Waals surface area contributed by atoms with Gasteiger partial charge in [0, 0.05) is 18.2 Å². The number of hydrogen-bond acceptors (Lipinski definition) is 2. The van der Waals surface area contributed by atoms with Gasteiger partial charge in [0.2, 0.25) is 0 Å². The molecule has 1 N–H and O–H groups in total. The molecular formula is C9H8F2N2. The maximum Gasteiger partial charge on any atom is 0.128 e. The van der Waals surface area contributed by atoms with Crippen LogP contribution < -0.4 is 5.43 Å². The van der Waals surface area contributed by atoms with Gasteiger partial charge >= 0.3 is 0 Å². The Bertz CT molecular complexity index is 341. The quantitative estimate of drug-likeness (QED) is 0.705. The van der Waals surface area contributed by atoms with Crippen molar-refractivity contribution in [3.05, 3.63) is 35.4 Å². The molecule has 1 atom stereocenters. The summed E-state index contributed by atoms with van der Waals surface area (Å²) in [6.45, 7) is 0. The molecule has 1 aromatic rings. The molecule has 0 bridgehead atoms. The lowest BCUT2D eigenvalue weighted by atomic mass is 10.1. The van der Waals surface area contributed by atoms with Crippen LogP contribution >= 0.6 is 0 Å². The molecule has 13 heavy (non-hydrogen) atoms. The first kappa shape index (κ1) is 8.16. The zero-order chi connectivity index (χ0) is 9.26. The second-order valence-corrected chi connectivity index (χ2v) is 2.89. The first-order valence-electron chi connectivity index (χ1n) is 3.99. The van der Waals surface area contributed by atoms with Crippen LogP contribution in [-0.2, 0) is 0 Å². The summed E-state index contributed by atoms with van der Waals surface area (Å²) in [4.78, 5) is 0. The topological polar surface area (TPSA) is 24.4 Å². The molecule has 0 saturated heterocycles. The number of nitrogens with one attached hydrogen (secondary N) is 1. The minimum atomic E-state index is -0.426. The fraction of sp³-hybridized carbons (Fsp3) is 0.222. The van der Waals surface area contributed by atoms with Gasteiger partial charge in [0.1, 0.15) is 11.6 Å². The molecular weight excluding hydrogens is 174 g/mol. The van der Waals surface area contributed by atoms with E-state index in [2.05, 4.69) is 10.5 Å². The van der Waals surface area contributed by atoms with Crippen LogP contribution in [-0.4, -0.2) is 6.21 Å². The van der Waals surface area contributed by atoms with Gasteiger partial charge in [0.05, 0.1) is 6.04 Å². The van der Waals surface area contributed by atoms with E-state index in [9.17, 15) is 8.78 Å². The lowest BCUT2D eigenvalue weighted by Gasteiger charge is -2.10. The van der Waals surface area contributed by atoms with E-state index in [1.165, 1.54) is 6.07 Å². The van der Waals surface area contributed by atoms with Crippen LogP contribution in [0, 0.1) is 11.6 Å². The van der Waals surface area contributed by atoms with Crippen LogP contribution in [0.4, 0.5) is 8.78 Å². The molecule has 0 fully saturated rings. The average Bonchev–Trinajstić information content (AvgIpc) is 2.61. The zero-order valence-electron chi connectivity index (χ0n) is 6.80. The summed E-state index contributed by atoms with van der Waals surface area (Å²) < 4.78 is 25.9. The maximum atomic E-state index is 13.2. The largest absolute Gasteiger partial charge is 0.302 e. The van der Waals surface area contributed by atoms with Crippen molar-refractivity contribution in [1.29, 1.82) is 0 Å². The van der Waals surface area contributed by atoms with Gasteiger partial charge in [-0.25, -0.2) is 8.78 Å². The van der Waals surface area contributed by atoms with Gasteiger partial charge in [0.25, 0.3) is 0 Å². The Labute approximate surface area is 74.3 Å². The van der Waals surface area contributed by atoms with E-state index in [0.717, 1.165) is 12.1 Å². The van der Waals surface area contributed by atoms with Crippen molar-refractivity contribution in [3.63, 3.8) is 0 Å². The van der Waals surface area contributed by atoms with Crippen LogP contribution in [0.1, 0.15) is 18.0 Å². The van der Waals surface area contributed by atoms with E-state index >= 15 is 0 Å². The first-order chi connectivity index (χ1) is 6.27. The van der Waals surface area contributed by atoms with Gasteiger partial charge in [-0.3, -0.25) is 0 Å². The first-order valence-corrected chi connectivity index (χ1v) is 3.99. The van der Waals surface area contributed by atoms with Gasteiger partial charge in [-0.1, -0.05) is 0 Å². The second-order valence-electron chi connectivity index (χ2n) is 2.89. The van der Waals surface area contributed by atoms with Crippen molar-refractivity contribution in [2.45, 2.75) is 12.5 Å². The monoisotopic (exact) mass is 182 g/mol. The number of halogens is 2. The lowest BCUT2D eigenvalue weighted by Crippen LogP contribution is -2.11. The molecule has 0 spiro atoms. The Morgan fingerprint density at radius 1 is 1.38 bits per heavy atom. The molecule has 0 amide bonds. The highest BCUT2D eigenvalue weighted by Gasteiger charge is 2.17. The second kappa shape index (κ2) is 3.12. The third-order valence-electron chi connectivity index (χ3n) is 2.00. The van der Waals surface area contributed by atoms with Crippen LogP contribution in [0.25, 0.3) is 0 Å². The van der Waals surface area contributed by atoms with Crippen LogP contribution in [0.5, 0.6) is 0 Å².